The van der Waals surface area contributed by atoms with Gasteiger partial charge in [0.15, 0.2) is 0 Å². The van der Waals surface area contributed by atoms with Gasteiger partial charge in [-0.25, -0.2) is 4.98 Å². The van der Waals surface area contributed by atoms with Crippen LogP contribution in [0.4, 0.5) is 5.69 Å². The number of carbonyl (C=O) groups is 1. The van der Waals surface area contributed by atoms with Crippen molar-refractivity contribution >= 4 is 23.2 Å². The number of nitrogens with one attached hydrogen (secondary N) is 1. The lowest BCUT2D eigenvalue weighted by atomic mass is 10.1. The first-order valence-corrected chi connectivity index (χ1v) is 7.14. The average Bonchev–Trinajstić information content (AvgIpc) is 2.46. The fourth-order valence-corrected chi connectivity index (χ4v) is 2.26. The monoisotopic (exact) mass is 304 g/mol. The van der Waals surface area contributed by atoms with Gasteiger partial charge in [-0.1, -0.05) is 36.7 Å². The number of para-hydroxylation sites is 1. The van der Waals surface area contributed by atoms with Gasteiger partial charge >= 0.3 is 0 Å². The predicted molar refractivity (Wildman–Crippen MR) is 83.7 cm³/mol. The van der Waals surface area contributed by atoms with Crippen molar-refractivity contribution in [1.29, 1.82) is 0 Å². The fourth-order valence-electron chi connectivity index (χ4n) is 2.03. The zero-order chi connectivity index (χ0) is 15.4. The quantitative estimate of drug-likeness (QED) is 0.848. The van der Waals surface area contributed by atoms with Crippen molar-refractivity contribution in [3.8, 4) is 0 Å². The summed E-state index contributed by atoms with van der Waals surface area (Å²) >= 11 is 5.93. The van der Waals surface area contributed by atoms with Crippen LogP contribution in [0, 0.1) is 0 Å². The van der Waals surface area contributed by atoms with E-state index in [1.54, 1.807) is 31.2 Å². The second kappa shape index (κ2) is 6.70. The van der Waals surface area contributed by atoms with Gasteiger partial charge in [0.1, 0.15) is 5.15 Å². The van der Waals surface area contributed by atoms with Crippen LogP contribution in [0.2, 0.25) is 5.15 Å². The standard InChI is InChI=1S/C16H17ClN2O2/c1-3-12-8-11(9-15(17)18-12)16(21)19-14-7-5-4-6-13(14)10(2)20/h4-10,20H,3H2,1-2H3,(H,19,21). The van der Waals surface area contributed by atoms with Gasteiger partial charge < -0.3 is 10.4 Å². The fraction of sp³-hybridized carbons (Fsp3) is 0.250. The third kappa shape index (κ3) is 3.80. The molecule has 0 spiro atoms. The molecular weight excluding hydrogens is 288 g/mol. The van der Waals surface area contributed by atoms with Crippen LogP contribution in [0.5, 0.6) is 0 Å². The molecule has 1 aromatic heterocycles. The summed E-state index contributed by atoms with van der Waals surface area (Å²) in [6.45, 7) is 3.60. The van der Waals surface area contributed by atoms with Crippen molar-refractivity contribution < 1.29 is 9.90 Å². The number of benzene rings is 1. The molecule has 1 heterocycles. The second-order valence-electron chi connectivity index (χ2n) is 4.74. The Morgan fingerprint density at radius 1 is 1.38 bits per heavy atom. The molecule has 2 rings (SSSR count). The van der Waals surface area contributed by atoms with Crippen LogP contribution in [-0.4, -0.2) is 16.0 Å². The van der Waals surface area contributed by atoms with Gasteiger partial charge in [-0.3, -0.25) is 4.79 Å². The number of amides is 1. The van der Waals surface area contributed by atoms with E-state index in [0.29, 0.717) is 28.4 Å². The molecule has 1 aromatic carbocycles. The molecular formula is C16H17ClN2O2. The van der Waals surface area contributed by atoms with Crippen LogP contribution in [0.25, 0.3) is 0 Å². The third-order valence-corrected chi connectivity index (χ3v) is 3.32. The minimum Gasteiger partial charge on any atom is -0.389 e. The molecule has 5 heteroatoms. The Morgan fingerprint density at radius 2 is 2.10 bits per heavy atom. The number of hydrogen-bond donors (Lipinski definition) is 2. The number of anilines is 1. The van der Waals surface area contributed by atoms with Crippen LogP contribution in [0.3, 0.4) is 0 Å². The molecule has 110 valence electrons. The Kier molecular flexibility index (Phi) is 4.94. The largest absolute Gasteiger partial charge is 0.389 e. The molecule has 0 aliphatic rings. The van der Waals surface area contributed by atoms with Crippen LogP contribution < -0.4 is 5.32 Å². The van der Waals surface area contributed by atoms with Crippen LogP contribution in [0.1, 0.15) is 41.6 Å². The highest BCUT2D eigenvalue weighted by Crippen LogP contribution is 2.23. The van der Waals surface area contributed by atoms with Crippen molar-refractivity contribution in [2.45, 2.75) is 26.4 Å². The maximum Gasteiger partial charge on any atom is 0.255 e. The van der Waals surface area contributed by atoms with Crippen LogP contribution in [-0.2, 0) is 6.42 Å². The molecule has 0 saturated heterocycles. The highest BCUT2D eigenvalue weighted by molar-refractivity contribution is 6.29. The highest BCUT2D eigenvalue weighted by Gasteiger charge is 2.13. The lowest BCUT2D eigenvalue weighted by molar-refractivity contribution is 0.102. The summed E-state index contributed by atoms with van der Waals surface area (Å²) in [7, 11) is 0. The minimum absolute atomic E-state index is 0.276. The third-order valence-electron chi connectivity index (χ3n) is 3.13. The zero-order valence-electron chi connectivity index (χ0n) is 11.9. The smallest absolute Gasteiger partial charge is 0.255 e. The van der Waals surface area contributed by atoms with Gasteiger partial charge in [-0.05, 0) is 31.5 Å². The molecule has 0 aliphatic heterocycles. The van der Waals surface area contributed by atoms with Crippen molar-refractivity contribution in [2.24, 2.45) is 0 Å². The maximum absolute atomic E-state index is 12.3. The Hall–Kier alpha value is -1.91. The van der Waals surface area contributed by atoms with Crippen LogP contribution in [0.15, 0.2) is 36.4 Å². The second-order valence-corrected chi connectivity index (χ2v) is 5.13. The van der Waals surface area contributed by atoms with E-state index < -0.39 is 6.10 Å². The number of nitrogens with zero attached hydrogens (tertiary/aromatic N) is 1. The van der Waals surface area contributed by atoms with Gasteiger partial charge in [-0.15, -0.1) is 0 Å². The molecule has 1 unspecified atom stereocenters. The molecule has 2 aromatic rings. The lowest BCUT2D eigenvalue weighted by Crippen LogP contribution is -2.14. The van der Waals surface area contributed by atoms with E-state index in [2.05, 4.69) is 10.3 Å². The van der Waals surface area contributed by atoms with E-state index in [9.17, 15) is 9.90 Å². The van der Waals surface area contributed by atoms with Gasteiger partial charge in [-0.2, -0.15) is 0 Å². The average molecular weight is 305 g/mol. The molecule has 0 radical (unpaired) electrons. The number of rotatable bonds is 4. The van der Waals surface area contributed by atoms with E-state index in [-0.39, 0.29) is 5.91 Å². The minimum atomic E-state index is -0.659. The summed E-state index contributed by atoms with van der Waals surface area (Å²) in [4.78, 5) is 16.5. The van der Waals surface area contributed by atoms with Crippen LogP contribution >= 0.6 is 11.6 Å². The normalized spacial score (nSPS) is 12.0. The van der Waals surface area contributed by atoms with E-state index in [0.717, 1.165) is 5.69 Å². The van der Waals surface area contributed by atoms with Crippen molar-refractivity contribution in [2.75, 3.05) is 5.32 Å². The first kappa shape index (κ1) is 15.5. The summed E-state index contributed by atoms with van der Waals surface area (Å²) in [5, 5.41) is 12.8. The first-order valence-electron chi connectivity index (χ1n) is 6.76. The van der Waals surface area contributed by atoms with Crippen molar-refractivity contribution in [3.63, 3.8) is 0 Å². The molecule has 2 N–H and O–H groups in total. The van der Waals surface area contributed by atoms with E-state index in [4.69, 9.17) is 11.6 Å². The van der Waals surface area contributed by atoms with Gasteiger partial charge in [0.05, 0.1) is 6.10 Å². The molecule has 0 fully saturated rings. The Bertz CT molecular complexity index is 656. The Morgan fingerprint density at radius 3 is 2.76 bits per heavy atom. The van der Waals surface area contributed by atoms with Gasteiger partial charge in [0.25, 0.3) is 5.91 Å². The van der Waals surface area contributed by atoms with E-state index in [1.165, 1.54) is 6.07 Å². The summed E-state index contributed by atoms with van der Waals surface area (Å²) in [6.07, 6.45) is 0.0409. The number of aliphatic hydroxyl groups excluding tert-OH is 1. The SMILES string of the molecule is CCc1cc(C(=O)Nc2ccccc2C(C)O)cc(Cl)n1. The predicted octanol–water partition coefficient (Wildman–Crippen LogP) is 3.60. The number of aryl methyl sites for hydroxylation is 1. The molecule has 4 nitrogen and oxygen atoms in total. The first-order chi connectivity index (χ1) is 10.0. The molecule has 0 saturated carbocycles. The van der Waals surface area contributed by atoms with Gasteiger partial charge in [0, 0.05) is 22.5 Å². The van der Waals surface area contributed by atoms with E-state index in [1.807, 2.05) is 13.0 Å². The maximum atomic E-state index is 12.3. The molecule has 1 amide bonds. The summed E-state index contributed by atoms with van der Waals surface area (Å²) in [6, 6.07) is 10.4. The lowest BCUT2D eigenvalue weighted by Gasteiger charge is -2.13. The molecule has 1 atom stereocenters. The number of hydrogen-bond acceptors (Lipinski definition) is 3. The van der Waals surface area contributed by atoms with Gasteiger partial charge in [0.2, 0.25) is 0 Å². The highest BCUT2D eigenvalue weighted by atomic mass is 35.5. The topological polar surface area (TPSA) is 62.2 Å². The van der Waals surface area contributed by atoms with Crippen molar-refractivity contribution in [3.05, 3.63) is 58.4 Å². The molecule has 0 aliphatic carbocycles. The zero-order valence-corrected chi connectivity index (χ0v) is 12.7. The summed E-state index contributed by atoms with van der Waals surface area (Å²) in [5.74, 6) is -0.276. The Labute approximate surface area is 128 Å². The Balaban J connectivity index is 2.28. The number of pyridine rings is 1. The number of carbonyl (C=O) groups excluding carboxylic acids is 1. The number of halogens is 1. The molecule has 0 bridgehead atoms. The summed E-state index contributed by atoms with van der Waals surface area (Å²) < 4.78 is 0. The number of aromatic nitrogens is 1. The molecule has 21 heavy (non-hydrogen) atoms. The summed E-state index contributed by atoms with van der Waals surface area (Å²) in [5.41, 5.74) is 2.47. The van der Waals surface area contributed by atoms with E-state index >= 15 is 0 Å². The number of aliphatic hydroxyl groups is 1. The van der Waals surface area contributed by atoms with Crippen molar-refractivity contribution in [1.82, 2.24) is 4.98 Å².